The van der Waals surface area contributed by atoms with E-state index in [0.717, 1.165) is 6.54 Å². The highest BCUT2D eigenvalue weighted by molar-refractivity contribution is 5.61. The van der Waals surface area contributed by atoms with E-state index < -0.39 is 0 Å². The molecule has 0 amide bonds. The third-order valence-electron chi connectivity index (χ3n) is 4.87. The molecule has 2 heterocycles. The Kier molecular flexibility index (Phi) is 7.48. The Morgan fingerprint density at radius 1 is 0.920 bits per heavy atom. The third-order valence-corrected chi connectivity index (χ3v) is 4.87. The smallest absolute Gasteiger partial charge is 0.287 e. The molecule has 0 aliphatic rings. The van der Waals surface area contributed by atoms with Gasteiger partial charge in [-0.1, -0.05) is 56.5 Å². The van der Waals surface area contributed by atoms with Gasteiger partial charge in [0.25, 0.3) is 5.65 Å². The summed E-state index contributed by atoms with van der Waals surface area (Å²) in [5.41, 5.74) is 6.62. The molecule has 3 heteroatoms. The van der Waals surface area contributed by atoms with Crippen molar-refractivity contribution < 1.29 is 28.5 Å². The monoisotopic (exact) mass is 448 g/mol. The normalized spacial score (nSPS) is 10.8. The van der Waals surface area contributed by atoms with Crippen LogP contribution in [-0.2, 0) is 6.54 Å². The van der Waals surface area contributed by atoms with Crippen LogP contribution < -0.4 is 28.5 Å². The number of fused-ring (bicyclic) bond motifs is 1. The summed E-state index contributed by atoms with van der Waals surface area (Å²) >= 11 is 0. The molecule has 1 aromatic carbocycles. The summed E-state index contributed by atoms with van der Waals surface area (Å²) in [6.07, 6.45) is 8.77. The van der Waals surface area contributed by atoms with Gasteiger partial charge in [0, 0.05) is 18.6 Å². The van der Waals surface area contributed by atoms with Crippen molar-refractivity contribution >= 4 is 5.65 Å². The average molecular weight is 448 g/mol. The minimum atomic E-state index is 0. The van der Waals surface area contributed by atoms with Crippen molar-refractivity contribution in [2.24, 2.45) is 0 Å². The molecule has 0 aliphatic heterocycles. The SMILES string of the molecule is CCCCCCC[n+]1c(-c2ccccc2)c(C)n2ccc(C)cc21.[I-]. The highest BCUT2D eigenvalue weighted by Gasteiger charge is 2.23. The summed E-state index contributed by atoms with van der Waals surface area (Å²) < 4.78 is 4.85. The second kappa shape index (κ2) is 9.37. The molecule has 0 fully saturated rings. The van der Waals surface area contributed by atoms with Gasteiger partial charge in [0.05, 0.1) is 12.7 Å². The van der Waals surface area contributed by atoms with Crippen molar-refractivity contribution in [1.82, 2.24) is 4.40 Å². The average Bonchev–Trinajstić information content (AvgIpc) is 2.87. The van der Waals surface area contributed by atoms with Crippen molar-refractivity contribution in [1.29, 1.82) is 0 Å². The third kappa shape index (κ3) is 4.43. The van der Waals surface area contributed by atoms with Crippen LogP contribution in [0.4, 0.5) is 0 Å². The van der Waals surface area contributed by atoms with Crippen LogP contribution in [-0.4, -0.2) is 4.40 Å². The highest BCUT2D eigenvalue weighted by atomic mass is 127. The summed E-state index contributed by atoms with van der Waals surface area (Å²) in [6, 6.07) is 15.3. The predicted molar refractivity (Wildman–Crippen MR) is 101 cm³/mol. The van der Waals surface area contributed by atoms with Crippen molar-refractivity contribution in [3.63, 3.8) is 0 Å². The zero-order valence-electron chi connectivity index (χ0n) is 15.6. The molecule has 0 saturated heterocycles. The molecule has 0 saturated carbocycles. The van der Waals surface area contributed by atoms with Crippen LogP contribution in [0.3, 0.4) is 0 Å². The van der Waals surface area contributed by atoms with E-state index in [9.17, 15) is 0 Å². The lowest BCUT2D eigenvalue weighted by atomic mass is 10.1. The van der Waals surface area contributed by atoms with E-state index in [0.29, 0.717) is 0 Å². The fraction of sp³-hybridized carbons (Fsp3) is 0.409. The van der Waals surface area contributed by atoms with E-state index in [1.54, 1.807) is 0 Å². The van der Waals surface area contributed by atoms with E-state index >= 15 is 0 Å². The van der Waals surface area contributed by atoms with Crippen LogP contribution in [0.2, 0.25) is 0 Å². The largest absolute Gasteiger partial charge is 1.00 e. The van der Waals surface area contributed by atoms with Gasteiger partial charge >= 0.3 is 0 Å². The molecular weight excluding hydrogens is 419 g/mol. The molecule has 0 aliphatic carbocycles. The first kappa shape index (κ1) is 20.0. The molecule has 0 bridgehead atoms. The molecule has 2 nitrogen and oxygen atoms in total. The first-order chi connectivity index (χ1) is 11.7. The van der Waals surface area contributed by atoms with E-state index in [1.165, 1.54) is 60.3 Å². The number of unbranched alkanes of at least 4 members (excludes halogenated alkanes) is 4. The molecule has 25 heavy (non-hydrogen) atoms. The first-order valence-electron chi connectivity index (χ1n) is 9.29. The lowest BCUT2D eigenvalue weighted by Gasteiger charge is -2.04. The van der Waals surface area contributed by atoms with Crippen LogP contribution in [0.1, 0.15) is 50.3 Å². The fourth-order valence-corrected chi connectivity index (χ4v) is 3.57. The van der Waals surface area contributed by atoms with Crippen molar-refractivity contribution in [2.75, 3.05) is 0 Å². The van der Waals surface area contributed by atoms with E-state index in [-0.39, 0.29) is 24.0 Å². The van der Waals surface area contributed by atoms with Gasteiger partial charge in [-0.15, -0.1) is 0 Å². The van der Waals surface area contributed by atoms with Crippen LogP contribution >= 0.6 is 0 Å². The van der Waals surface area contributed by atoms with Crippen molar-refractivity contribution in [3.8, 4) is 11.3 Å². The second-order valence-corrected chi connectivity index (χ2v) is 6.80. The lowest BCUT2D eigenvalue weighted by Crippen LogP contribution is -3.00. The Morgan fingerprint density at radius 2 is 1.64 bits per heavy atom. The second-order valence-electron chi connectivity index (χ2n) is 6.80. The molecule has 0 spiro atoms. The number of nitrogens with zero attached hydrogens (tertiary/aromatic N) is 2. The summed E-state index contributed by atoms with van der Waals surface area (Å²) in [5, 5.41) is 0. The lowest BCUT2D eigenvalue weighted by molar-refractivity contribution is -0.661. The molecule has 2 aromatic heterocycles. The van der Waals surface area contributed by atoms with Crippen LogP contribution in [0.5, 0.6) is 0 Å². The minimum absolute atomic E-state index is 0. The number of aryl methyl sites for hydroxylation is 3. The van der Waals surface area contributed by atoms with Crippen molar-refractivity contribution in [2.45, 2.75) is 59.4 Å². The van der Waals surface area contributed by atoms with Gasteiger partial charge in [-0.2, -0.15) is 4.40 Å². The molecule has 134 valence electrons. The topological polar surface area (TPSA) is 8.29 Å². The molecule has 0 unspecified atom stereocenters. The predicted octanol–water partition coefficient (Wildman–Crippen LogP) is 2.49. The summed E-state index contributed by atoms with van der Waals surface area (Å²) in [4.78, 5) is 0. The Labute approximate surface area is 168 Å². The maximum absolute atomic E-state index is 2.52. The van der Waals surface area contributed by atoms with E-state index in [1.807, 2.05) is 0 Å². The van der Waals surface area contributed by atoms with Gasteiger partial charge < -0.3 is 24.0 Å². The number of hydrogen-bond donors (Lipinski definition) is 0. The zero-order chi connectivity index (χ0) is 16.9. The Balaban J connectivity index is 0.00000225. The van der Waals surface area contributed by atoms with E-state index in [4.69, 9.17) is 0 Å². The van der Waals surface area contributed by atoms with Gasteiger partial charge in [0.15, 0.2) is 11.4 Å². The van der Waals surface area contributed by atoms with Gasteiger partial charge in [0.1, 0.15) is 0 Å². The zero-order valence-corrected chi connectivity index (χ0v) is 17.8. The number of aromatic nitrogens is 2. The highest BCUT2D eigenvalue weighted by Crippen LogP contribution is 2.23. The number of halogens is 1. The molecular formula is C22H29IN2. The van der Waals surface area contributed by atoms with Crippen molar-refractivity contribution in [3.05, 3.63) is 59.9 Å². The number of hydrogen-bond acceptors (Lipinski definition) is 0. The van der Waals surface area contributed by atoms with Crippen LogP contribution in [0, 0.1) is 13.8 Å². The quantitative estimate of drug-likeness (QED) is 0.298. The minimum Gasteiger partial charge on any atom is -1.00 e. The Hall–Kier alpha value is -1.36. The Morgan fingerprint density at radius 3 is 2.36 bits per heavy atom. The number of imidazole rings is 1. The van der Waals surface area contributed by atoms with Crippen LogP contribution in [0.15, 0.2) is 48.7 Å². The molecule has 3 aromatic rings. The number of rotatable bonds is 7. The summed E-state index contributed by atoms with van der Waals surface area (Å²) in [7, 11) is 0. The van der Waals surface area contributed by atoms with Gasteiger partial charge in [-0.05, 0) is 31.4 Å². The first-order valence-corrected chi connectivity index (χ1v) is 9.29. The maximum Gasteiger partial charge on any atom is 0.287 e. The molecule has 0 atom stereocenters. The molecule has 3 rings (SSSR count). The standard InChI is InChI=1S/C22H29N2.HI/c1-4-5-6-7-11-15-24-21-17-18(2)14-16-23(21)19(3)22(24)20-12-9-8-10-13-20;/h8-10,12-14,16-17H,4-7,11,15H2,1-3H3;1H/q+1;/p-1. The van der Waals surface area contributed by atoms with Gasteiger partial charge in [-0.3, -0.25) is 0 Å². The number of benzene rings is 1. The molecule has 0 radical (unpaired) electrons. The summed E-state index contributed by atoms with van der Waals surface area (Å²) in [5.74, 6) is 0. The Bertz CT molecular complexity index is 806. The summed E-state index contributed by atoms with van der Waals surface area (Å²) in [6.45, 7) is 7.78. The van der Waals surface area contributed by atoms with Gasteiger partial charge in [-0.25, -0.2) is 4.57 Å². The maximum atomic E-state index is 2.52. The van der Waals surface area contributed by atoms with E-state index in [2.05, 4.69) is 78.4 Å². The number of pyridine rings is 1. The van der Waals surface area contributed by atoms with Crippen LogP contribution in [0.25, 0.3) is 16.9 Å². The molecule has 0 N–H and O–H groups in total. The van der Waals surface area contributed by atoms with Gasteiger partial charge in [0.2, 0.25) is 0 Å². The fourth-order valence-electron chi connectivity index (χ4n) is 3.57.